The van der Waals surface area contributed by atoms with E-state index in [-0.39, 0.29) is 12.5 Å². The van der Waals surface area contributed by atoms with Crippen molar-refractivity contribution in [3.63, 3.8) is 0 Å². The minimum atomic E-state index is -4.60. The lowest BCUT2D eigenvalue weighted by molar-refractivity contribution is -0.870. The van der Waals surface area contributed by atoms with Crippen LogP contribution in [0.3, 0.4) is 0 Å². The average molecular weight is 1070 g/mol. The van der Waals surface area contributed by atoms with E-state index in [1.54, 1.807) is 6.08 Å². The SMILES string of the molecule is CC/C=C\C/C=C\C/C=C\C/C=C\CCCCCCCCCCCCCCCCCCCCCCCCCCCCCCC(=O)NC(COP(=O)([O-])OCC[N+](C)(C)C)C(O)/C=C/CC/C=C/CCCCCCCC. The highest BCUT2D eigenvalue weighted by Gasteiger charge is 2.23. The molecule has 75 heavy (non-hydrogen) atoms. The van der Waals surface area contributed by atoms with Crippen LogP contribution < -0.4 is 10.2 Å². The summed E-state index contributed by atoms with van der Waals surface area (Å²) in [5.41, 5.74) is 0. The predicted octanol–water partition coefficient (Wildman–Crippen LogP) is 19.2. The highest BCUT2D eigenvalue weighted by molar-refractivity contribution is 7.45. The molecule has 0 saturated heterocycles. The zero-order valence-electron chi connectivity index (χ0n) is 50.0. The molecule has 0 aromatic rings. The van der Waals surface area contributed by atoms with E-state index in [4.69, 9.17) is 9.05 Å². The smallest absolute Gasteiger partial charge is 0.268 e. The van der Waals surface area contributed by atoms with Gasteiger partial charge >= 0.3 is 0 Å². The number of aliphatic hydroxyl groups is 1. The van der Waals surface area contributed by atoms with Gasteiger partial charge in [0.25, 0.3) is 7.82 Å². The number of hydrogen-bond acceptors (Lipinski definition) is 6. The fourth-order valence-electron chi connectivity index (χ4n) is 9.22. The molecule has 0 fully saturated rings. The Hall–Kier alpha value is -2.06. The molecule has 0 aliphatic heterocycles. The van der Waals surface area contributed by atoms with Crippen LogP contribution in [0.25, 0.3) is 0 Å². The molecule has 0 aromatic carbocycles. The van der Waals surface area contributed by atoms with Gasteiger partial charge in [-0.2, -0.15) is 0 Å². The number of amides is 1. The van der Waals surface area contributed by atoms with Crippen LogP contribution >= 0.6 is 7.82 Å². The Labute approximate surface area is 465 Å². The number of quaternary nitrogens is 1. The molecule has 0 spiro atoms. The molecule has 3 atom stereocenters. The van der Waals surface area contributed by atoms with E-state index in [2.05, 4.69) is 79.9 Å². The fourth-order valence-corrected chi connectivity index (χ4v) is 9.94. The van der Waals surface area contributed by atoms with Gasteiger partial charge in [-0.25, -0.2) is 0 Å². The Morgan fingerprint density at radius 3 is 1.24 bits per heavy atom. The maximum Gasteiger partial charge on any atom is 0.268 e. The third kappa shape index (κ3) is 59.4. The van der Waals surface area contributed by atoms with Crippen molar-refractivity contribution >= 4 is 13.7 Å². The van der Waals surface area contributed by atoms with Crippen LogP contribution in [0.15, 0.2) is 72.9 Å². The fraction of sp³-hybridized carbons (Fsp3) is 0.803. The number of hydrogen-bond donors (Lipinski definition) is 2. The molecule has 0 aliphatic carbocycles. The van der Waals surface area contributed by atoms with Crippen molar-refractivity contribution in [2.45, 2.75) is 302 Å². The van der Waals surface area contributed by atoms with Crippen molar-refractivity contribution in [3.05, 3.63) is 72.9 Å². The third-order valence-electron chi connectivity index (χ3n) is 14.2. The number of phosphoric acid groups is 1. The van der Waals surface area contributed by atoms with Crippen LogP contribution in [0.5, 0.6) is 0 Å². The second-order valence-electron chi connectivity index (χ2n) is 22.7. The van der Waals surface area contributed by atoms with E-state index in [1.165, 1.54) is 205 Å². The lowest BCUT2D eigenvalue weighted by atomic mass is 10.0. The number of rotatable bonds is 58. The molecule has 0 bridgehead atoms. The van der Waals surface area contributed by atoms with Crippen molar-refractivity contribution in [3.8, 4) is 0 Å². The molecule has 0 aliphatic rings. The first kappa shape index (κ1) is 72.9. The van der Waals surface area contributed by atoms with Crippen LogP contribution in [0.4, 0.5) is 0 Å². The second kappa shape index (κ2) is 56.7. The number of phosphoric ester groups is 1. The number of carbonyl (C=O) groups is 1. The Balaban J connectivity index is 3.84. The molecule has 0 rings (SSSR count). The Morgan fingerprint density at radius 1 is 0.480 bits per heavy atom. The van der Waals surface area contributed by atoms with Crippen molar-refractivity contribution in [2.75, 3.05) is 40.9 Å². The molecule has 0 saturated carbocycles. The van der Waals surface area contributed by atoms with Crippen molar-refractivity contribution in [1.82, 2.24) is 5.32 Å². The summed E-state index contributed by atoms with van der Waals surface area (Å²) in [6.45, 7) is 4.51. The molecule has 2 N–H and O–H groups in total. The van der Waals surface area contributed by atoms with E-state index < -0.39 is 26.6 Å². The van der Waals surface area contributed by atoms with Crippen molar-refractivity contribution in [2.24, 2.45) is 0 Å². The zero-order valence-corrected chi connectivity index (χ0v) is 50.9. The topological polar surface area (TPSA) is 108 Å². The monoisotopic (exact) mass is 1070 g/mol. The predicted molar refractivity (Wildman–Crippen MR) is 325 cm³/mol. The molecule has 8 nitrogen and oxygen atoms in total. The summed E-state index contributed by atoms with van der Waals surface area (Å²) in [6, 6.07) is -0.902. The van der Waals surface area contributed by atoms with Gasteiger partial charge in [0.15, 0.2) is 0 Å². The summed E-state index contributed by atoms with van der Waals surface area (Å²) in [5.74, 6) is -0.205. The minimum absolute atomic E-state index is 0.00613. The van der Waals surface area contributed by atoms with Crippen molar-refractivity contribution in [1.29, 1.82) is 0 Å². The molecule has 3 unspecified atom stereocenters. The van der Waals surface area contributed by atoms with Crippen LogP contribution in [0.2, 0.25) is 0 Å². The largest absolute Gasteiger partial charge is 0.756 e. The maximum absolute atomic E-state index is 12.9. The molecule has 0 radical (unpaired) electrons. The lowest BCUT2D eigenvalue weighted by Crippen LogP contribution is -2.45. The maximum atomic E-state index is 12.9. The van der Waals surface area contributed by atoms with Crippen LogP contribution in [0, 0.1) is 0 Å². The number of likely N-dealkylation sites (N-methyl/N-ethyl adjacent to an activating group) is 1. The standard InChI is InChI=1S/C66H123N2O6P/c1-6-8-10-12-14-16-18-20-21-22-23-24-25-26-27-28-29-30-31-32-33-34-35-36-37-38-39-40-41-42-43-44-45-46-47-48-50-52-54-56-58-60-66(70)67-64(63-74-75(71,72)73-62-61-68(3,4)5)65(69)59-57-55-53-51-49-19-17-15-13-11-9-7-2/h8,10,14,16,20-21,23-24,49,51,57,59,64-65,69H,6-7,9,11-13,15,17-19,22,25-48,50,52-56,58,60-63H2,1-5H3,(H-,67,70,71,72)/b10-8-,16-14-,21-20-,24-23-,51-49+,59-57+. The third-order valence-corrected chi connectivity index (χ3v) is 15.1. The van der Waals surface area contributed by atoms with Crippen LogP contribution in [-0.2, 0) is 18.4 Å². The van der Waals surface area contributed by atoms with Gasteiger partial charge in [-0.3, -0.25) is 9.36 Å². The van der Waals surface area contributed by atoms with Crippen LogP contribution in [0.1, 0.15) is 290 Å². The summed E-state index contributed by atoms with van der Waals surface area (Å²) in [6.07, 6.45) is 78.9. The van der Waals surface area contributed by atoms with E-state index in [9.17, 15) is 19.4 Å². The van der Waals surface area contributed by atoms with E-state index >= 15 is 0 Å². The summed E-state index contributed by atoms with van der Waals surface area (Å²) < 4.78 is 23.3. The summed E-state index contributed by atoms with van der Waals surface area (Å²) >= 11 is 0. The first-order chi connectivity index (χ1) is 36.5. The normalized spacial score (nSPS) is 14.3. The lowest BCUT2D eigenvalue weighted by Gasteiger charge is -2.29. The molecule has 1 amide bonds. The van der Waals surface area contributed by atoms with Gasteiger partial charge in [0.1, 0.15) is 13.2 Å². The summed E-state index contributed by atoms with van der Waals surface area (Å²) in [7, 11) is 1.25. The number of unbranched alkanes of at least 4 members (excludes halogenated alkanes) is 35. The number of allylic oxidation sites excluding steroid dienone is 11. The molecule has 9 heteroatoms. The minimum Gasteiger partial charge on any atom is -0.756 e. The zero-order chi connectivity index (χ0) is 54.9. The second-order valence-corrected chi connectivity index (χ2v) is 24.1. The summed E-state index contributed by atoms with van der Waals surface area (Å²) in [4.78, 5) is 25.4. The molecular formula is C66H123N2O6P. The molecule has 438 valence electrons. The van der Waals surface area contributed by atoms with Gasteiger partial charge in [-0.1, -0.05) is 286 Å². The van der Waals surface area contributed by atoms with Gasteiger partial charge in [0.05, 0.1) is 39.9 Å². The summed E-state index contributed by atoms with van der Waals surface area (Å²) in [5, 5.41) is 13.8. The first-order valence-electron chi connectivity index (χ1n) is 31.8. The highest BCUT2D eigenvalue weighted by Crippen LogP contribution is 2.38. The van der Waals surface area contributed by atoms with Gasteiger partial charge in [-0.15, -0.1) is 0 Å². The number of aliphatic hydroxyl groups excluding tert-OH is 1. The van der Waals surface area contributed by atoms with E-state index in [0.29, 0.717) is 17.4 Å². The highest BCUT2D eigenvalue weighted by atomic mass is 31.2. The average Bonchev–Trinajstić information content (AvgIpc) is 3.37. The Kier molecular flexibility index (Phi) is 55.1. The molecule has 0 heterocycles. The van der Waals surface area contributed by atoms with Gasteiger partial charge in [0.2, 0.25) is 5.91 Å². The number of nitrogens with zero attached hydrogens (tertiary/aromatic N) is 1. The number of carbonyl (C=O) groups excluding carboxylic acids is 1. The van der Waals surface area contributed by atoms with Crippen LogP contribution in [-0.4, -0.2) is 68.5 Å². The molecular weight excluding hydrogens is 948 g/mol. The quantitative estimate of drug-likeness (QED) is 0.0272. The van der Waals surface area contributed by atoms with Crippen molar-refractivity contribution < 1.29 is 32.9 Å². The van der Waals surface area contributed by atoms with Gasteiger partial charge < -0.3 is 28.8 Å². The van der Waals surface area contributed by atoms with E-state index in [0.717, 1.165) is 64.2 Å². The van der Waals surface area contributed by atoms with Gasteiger partial charge in [-0.05, 0) is 70.6 Å². The Bertz CT molecular complexity index is 1450. The molecule has 0 aromatic heterocycles. The first-order valence-corrected chi connectivity index (χ1v) is 33.3. The Morgan fingerprint density at radius 2 is 0.827 bits per heavy atom. The van der Waals surface area contributed by atoms with E-state index in [1.807, 2.05) is 27.2 Å². The number of nitrogens with one attached hydrogen (secondary N) is 1. The van der Waals surface area contributed by atoms with Gasteiger partial charge in [0, 0.05) is 6.42 Å².